The van der Waals surface area contributed by atoms with Crippen molar-refractivity contribution in [3.05, 3.63) is 71.0 Å². The number of hydrogen-bond donors (Lipinski definition) is 3. The molecule has 11 heteroatoms. The van der Waals surface area contributed by atoms with Crippen LogP contribution >= 0.6 is 0 Å². The molecule has 2 aromatic rings. The van der Waals surface area contributed by atoms with Crippen LogP contribution < -0.4 is 20.1 Å². The molecule has 4 aliphatic rings. The summed E-state index contributed by atoms with van der Waals surface area (Å²) in [4.78, 5) is 51.0. The zero-order valence-corrected chi connectivity index (χ0v) is 25.8. The predicted molar refractivity (Wildman–Crippen MR) is 160 cm³/mol. The highest BCUT2D eigenvalue weighted by molar-refractivity contribution is 5.91. The number of methoxy groups -OCH3 is 1. The number of nitrogens with one attached hydrogen (secondary N) is 2. The standard InChI is InChI=1S/C34H38N2O9/c1-18(35-30(38)27(36-20(3)37)21-9-6-5-7-10-21)31(39)43-19(2)32(40)44-25-14-16-34(41)23-11-8-15-33(34)26-22(17-23)12-13-24(42-4)28(26)45-29(25)33/h5-7,9-10,12-14,18-19,23,27,29,41H,8,11,15-17H2,1-4H3,(H,35,38)(H,36,37)/t18-,19-,23-,27-,29+,33+,34-/m0/s1. The fourth-order valence-electron chi connectivity index (χ4n) is 7.71. The molecule has 3 aliphatic carbocycles. The highest BCUT2D eigenvalue weighted by Crippen LogP contribution is 2.67. The number of esters is 2. The molecule has 1 spiro atoms. The second-order valence-electron chi connectivity index (χ2n) is 12.4. The molecule has 11 nitrogen and oxygen atoms in total. The average molecular weight is 619 g/mol. The molecule has 1 aliphatic heterocycles. The minimum Gasteiger partial charge on any atom is -0.493 e. The van der Waals surface area contributed by atoms with Gasteiger partial charge in [0.05, 0.1) is 18.1 Å². The number of ether oxygens (including phenoxy) is 4. The summed E-state index contributed by atoms with van der Waals surface area (Å²) in [7, 11) is 1.57. The molecule has 0 saturated heterocycles. The second-order valence-corrected chi connectivity index (χ2v) is 12.4. The van der Waals surface area contributed by atoms with Gasteiger partial charge in [-0.15, -0.1) is 0 Å². The average Bonchev–Trinajstić information content (AvgIpc) is 3.36. The summed E-state index contributed by atoms with van der Waals surface area (Å²) < 4.78 is 23.3. The highest BCUT2D eigenvalue weighted by Gasteiger charge is 2.71. The molecule has 45 heavy (non-hydrogen) atoms. The van der Waals surface area contributed by atoms with E-state index in [2.05, 4.69) is 10.6 Å². The monoisotopic (exact) mass is 618 g/mol. The van der Waals surface area contributed by atoms with Crippen molar-refractivity contribution in [2.24, 2.45) is 5.92 Å². The molecule has 7 atom stereocenters. The Balaban J connectivity index is 1.15. The Bertz CT molecular complexity index is 1570. The summed E-state index contributed by atoms with van der Waals surface area (Å²) in [6, 6.07) is 10.4. The van der Waals surface area contributed by atoms with Gasteiger partial charge in [0.2, 0.25) is 11.8 Å². The van der Waals surface area contributed by atoms with Gasteiger partial charge in [0, 0.05) is 12.5 Å². The van der Waals surface area contributed by atoms with Crippen molar-refractivity contribution in [3.8, 4) is 11.5 Å². The Morgan fingerprint density at radius 1 is 1.04 bits per heavy atom. The fraction of sp³-hybridized carbons (Fsp3) is 0.471. The van der Waals surface area contributed by atoms with Gasteiger partial charge in [-0.2, -0.15) is 0 Å². The fourth-order valence-corrected chi connectivity index (χ4v) is 7.71. The van der Waals surface area contributed by atoms with E-state index >= 15 is 0 Å². The van der Waals surface area contributed by atoms with Crippen LogP contribution in [0.4, 0.5) is 0 Å². The highest BCUT2D eigenvalue weighted by atomic mass is 16.6. The Morgan fingerprint density at radius 2 is 1.80 bits per heavy atom. The molecule has 6 rings (SSSR count). The first-order chi connectivity index (χ1) is 21.5. The van der Waals surface area contributed by atoms with Gasteiger partial charge in [0.1, 0.15) is 17.8 Å². The van der Waals surface area contributed by atoms with Crippen LogP contribution in [0.2, 0.25) is 0 Å². The van der Waals surface area contributed by atoms with Crippen molar-refractivity contribution in [2.75, 3.05) is 7.11 Å². The van der Waals surface area contributed by atoms with E-state index in [1.807, 2.05) is 12.1 Å². The summed E-state index contributed by atoms with van der Waals surface area (Å²) in [5, 5.41) is 17.4. The second kappa shape index (κ2) is 11.5. The Morgan fingerprint density at radius 3 is 2.51 bits per heavy atom. The zero-order chi connectivity index (χ0) is 32.1. The zero-order valence-electron chi connectivity index (χ0n) is 25.8. The van der Waals surface area contributed by atoms with Crippen LogP contribution in [0.1, 0.15) is 69.2 Å². The summed E-state index contributed by atoms with van der Waals surface area (Å²) in [6.45, 7) is 4.11. The third-order valence-electron chi connectivity index (χ3n) is 9.77. The normalized spacial score (nSPS) is 27.4. The molecule has 3 N–H and O–H groups in total. The van der Waals surface area contributed by atoms with E-state index in [0.29, 0.717) is 29.9 Å². The maximum Gasteiger partial charge on any atom is 0.352 e. The molecule has 1 saturated carbocycles. The molecular formula is C34H38N2O9. The molecule has 0 aromatic heterocycles. The van der Waals surface area contributed by atoms with Crippen LogP contribution in [-0.2, 0) is 40.5 Å². The number of aliphatic hydroxyl groups is 1. The molecule has 2 aromatic carbocycles. The van der Waals surface area contributed by atoms with Crippen molar-refractivity contribution in [1.82, 2.24) is 10.6 Å². The largest absolute Gasteiger partial charge is 0.493 e. The van der Waals surface area contributed by atoms with E-state index in [4.69, 9.17) is 18.9 Å². The number of rotatable bonds is 9. The molecule has 0 radical (unpaired) electrons. The minimum absolute atomic E-state index is 0.0430. The van der Waals surface area contributed by atoms with Gasteiger partial charge < -0.3 is 34.7 Å². The van der Waals surface area contributed by atoms with Gasteiger partial charge >= 0.3 is 11.9 Å². The van der Waals surface area contributed by atoms with Crippen molar-refractivity contribution in [1.29, 1.82) is 0 Å². The maximum absolute atomic E-state index is 13.3. The van der Waals surface area contributed by atoms with E-state index < -0.39 is 59.1 Å². The number of benzene rings is 2. The molecular weight excluding hydrogens is 580 g/mol. The topological polar surface area (TPSA) is 149 Å². The van der Waals surface area contributed by atoms with Gasteiger partial charge in [-0.1, -0.05) is 42.8 Å². The van der Waals surface area contributed by atoms with E-state index in [1.165, 1.54) is 20.8 Å². The molecule has 2 bridgehead atoms. The van der Waals surface area contributed by atoms with Crippen LogP contribution in [0.15, 0.2) is 54.3 Å². The number of carbonyl (C=O) groups is 4. The maximum atomic E-state index is 13.3. The van der Waals surface area contributed by atoms with E-state index in [9.17, 15) is 24.3 Å². The van der Waals surface area contributed by atoms with Crippen molar-refractivity contribution in [3.63, 3.8) is 0 Å². The lowest BCUT2D eigenvalue weighted by molar-refractivity contribution is -0.172. The van der Waals surface area contributed by atoms with E-state index in [-0.39, 0.29) is 11.7 Å². The summed E-state index contributed by atoms with van der Waals surface area (Å²) in [5.74, 6) is -1.26. The third-order valence-corrected chi connectivity index (χ3v) is 9.77. The van der Waals surface area contributed by atoms with E-state index in [0.717, 1.165) is 30.4 Å². The third kappa shape index (κ3) is 4.93. The van der Waals surface area contributed by atoms with Crippen LogP contribution in [0.3, 0.4) is 0 Å². The van der Waals surface area contributed by atoms with E-state index in [1.54, 1.807) is 43.5 Å². The Labute approximate surface area is 261 Å². The van der Waals surface area contributed by atoms with Crippen LogP contribution in [-0.4, -0.2) is 59.8 Å². The SMILES string of the molecule is COc1ccc2c3c1O[C@@H]1C(OC(=O)[C@H](C)OC(=O)[C@H](C)NC(=O)[C@@H](NC(C)=O)c4ccccc4)=CC[C@]4(O)[C@@H](CCC[C@@]314)C2. The van der Waals surface area contributed by atoms with Gasteiger partial charge in [-0.25, -0.2) is 9.59 Å². The van der Waals surface area contributed by atoms with Gasteiger partial charge in [0.25, 0.3) is 0 Å². The molecule has 0 unspecified atom stereocenters. The van der Waals surface area contributed by atoms with Crippen molar-refractivity contribution >= 4 is 23.8 Å². The lowest BCUT2D eigenvalue weighted by Gasteiger charge is -2.59. The number of amides is 2. The van der Waals surface area contributed by atoms with Crippen LogP contribution in [0.5, 0.6) is 11.5 Å². The smallest absolute Gasteiger partial charge is 0.352 e. The summed E-state index contributed by atoms with van der Waals surface area (Å²) >= 11 is 0. The summed E-state index contributed by atoms with van der Waals surface area (Å²) in [5.41, 5.74) is 0.736. The van der Waals surface area contributed by atoms with Crippen LogP contribution in [0, 0.1) is 5.92 Å². The molecule has 1 heterocycles. The Kier molecular flexibility index (Phi) is 7.84. The quantitative estimate of drug-likeness (QED) is 0.361. The number of carbonyl (C=O) groups excluding carboxylic acids is 4. The lowest BCUT2D eigenvalue weighted by atomic mass is 9.47. The van der Waals surface area contributed by atoms with Gasteiger partial charge in [-0.05, 0) is 68.7 Å². The van der Waals surface area contributed by atoms with Gasteiger partial charge in [0.15, 0.2) is 23.7 Å². The first-order valence-corrected chi connectivity index (χ1v) is 15.3. The van der Waals surface area contributed by atoms with Crippen molar-refractivity contribution in [2.45, 2.75) is 88.2 Å². The number of hydrogen-bond acceptors (Lipinski definition) is 9. The Hall–Kier alpha value is -4.38. The first kappa shape index (κ1) is 30.6. The minimum atomic E-state index is -1.31. The first-order valence-electron chi connectivity index (χ1n) is 15.3. The molecule has 1 fully saturated rings. The lowest BCUT2D eigenvalue weighted by Crippen LogP contribution is -2.67. The predicted octanol–water partition coefficient (Wildman–Crippen LogP) is 2.93. The van der Waals surface area contributed by atoms with Gasteiger partial charge in [-0.3, -0.25) is 9.59 Å². The molecule has 238 valence electrons. The van der Waals surface area contributed by atoms with Crippen molar-refractivity contribution < 1.29 is 43.2 Å². The van der Waals surface area contributed by atoms with Crippen LogP contribution in [0.25, 0.3) is 0 Å². The molecule has 2 amide bonds. The summed E-state index contributed by atoms with van der Waals surface area (Å²) in [6.07, 6.45) is 3.14.